The third kappa shape index (κ3) is 4.29. The van der Waals surface area contributed by atoms with E-state index < -0.39 is 11.7 Å². The molecule has 4 nitrogen and oxygen atoms in total. The van der Waals surface area contributed by atoms with Gasteiger partial charge < -0.3 is 10.2 Å². The van der Waals surface area contributed by atoms with Crippen molar-refractivity contribution in [2.75, 3.05) is 16.8 Å². The van der Waals surface area contributed by atoms with Crippen LogP contribution in [0.4, 0.5) is 24.7 Å². The van der Waals surface area contributed by atoms with Crippen LogP contribution in [0.1, 0.15) is 36.8 Å². The molecule has 1 saturated carbocycles. The number of rotatable bonds is 5. The van der Waals surface area contributed by atoms with E-state index in [1.165, 1.54) is 31.4 Å². The van der Waals surface area contributed by atoms with Crippen LogP contribution >= 0.6 is 0 Å². The molecule has 2 bridgehead atoms. The average Bonchev–Trinajstić information content (AvgIpc) is 3.41. The molecule has 2 atom stereocenters. The van der Waals surface area contributed by atoms with Crippen LogP contribution in [0, 0.1) is 5.92 Å². The normalized spacial score (nSPS) is 20.2. The van der Waals surface area contributed by atoms with E-state index in [1.54, 1.807) is 0 Å². The summed E-state index contributed by atoms with van der Waals surface area (Å²) in [6, 6.07) is 15.3. The molecular weight excluding hydrogens is 415 g/mol. The lowest BCUT2D eigenvalue weighted by Crippen LogP contribution is -2.32. The SMILES string of the molecule is O=C(CCc1ccc(C(F)(F)F)cc1)Nc1ccc2nc(N3CC4CCC3C4)ccc2c1. The van der Waals surface area contributed by atoms with Gasteiger partial charge in [-0.3, -0.25) is 4.79 Å². The summed E-state index contributed by atoms with van der Waals surface area (Å²) in [6.45, 7) is 1.09. The number of alkyl halides is 3. The second-order valence-electron chi connectivity index (χ2n) is 8.81. The van der Waals surface area contributed by atoms with E-state index in [-0.39, 0.29) is 12.3 Å². The largest absolute Gasteiger partial charge is 0.416 e. The van der Waals surface area contributed by atoms with Gasteiger partial charge in [-0.25, -0.2) is 4.98 Å². The van der Waals surface area contributed by atoms with Crippen molar-refractivity contribution in [1.82, 2.24) is 4.98 Å². The standard InChI is InChI=1S/C25H24F3N3O/c26-25(27,28)19-6-1-16(2-7-19)4-12-24(32)29-20-8-10-22-18(14-20)5-11-23(30-22)31-15-17-3-9-21(31)13-17/h1-2,5-8,10-11,14,17,21H,3-4,9,12-13,15H2,(H,29,32). The van der Waals surface area contributed by atoms with Crippen molar-refractivity contribution in [2.24, 2.45) is 5.92 Å². The van der Waals surface area contributed by atoms with E-state index >= 15 is 0 Å². The zero-order chi connectivity index (χ0) is 22.3. The number of aromatic nitrogens is 1. The van der Waals surface area contributed by atoms with E-state index in [0.717, 1.165) is 41.3 Å². The first-order chi connectivity index (χ1) is 15.3. The highest BCUT2D eigenvalue weighted by Crippen LogP contribution is 2.40. The monoisotopic (exact) mass is 439 g/mol. The van der Waals surface area contributed by atoms with Crippen LogP contribution in [-0.2, 0) is 17.4 Å². The van der Waals surface area contributed by atoms with Crippen molar-refractivity contribution in [3.05, 3.63) is 65.7 Å². The molecule has 1 amide bonds. The fourth-order valence-electron chi connectivity index (χ4n) is 4.90. The van der Waals surface area contributed by atoms with Crippen LogP contribution in [-0.4, -0.2) is 23.5 Å². The molecule has 5 rings (SSSR count). The summed E-state index contributed by atoms with van der Waals surface area (Å²) in [5.74, 6) is 1.65. The highest BCUT2D eigenvalue weighted by Gasteiger charge is 2.38. The predicted octanol–water partition coefficient (Wildman–Crippen LogP) is 5.81. The maximum Gasteiger partial charge on any atom is 0.416 e. The molecule has 2 aliphatic rings. The first-order valence-corrected chi connectivity index (χ1v) is 11.0. The average molecular weight is 439 g/mol. The number of hydrogen-bond acceptors (Lipinski definition) is 3. The Morgan fingerprint density at radius 1 is 1.06 bits per heavy atom. The van der Waals surface area contributed by atoms with Crippen LogP contribution in [0.3, 0.4) is 0 Å². The first kappa shape index (κ1) is 20.8. The molecule has 7 heteroatoms. The van der Waals surface area contributed by atoms with E-state index in [9.17, 15) is 18.0 Å². The minimum Gasteiger partial charge on any atom is -0.353 e. The van der Waals surface area contributed by atoms with Crippen molar-refractivity contribution in [3.63, 3.8) is 0 Å². The number of benzene rings is 2. The van der Waals surface area contributed by atoms with Crippen molar-refractivity contribution < 1.29 is 18.0 Å². The van der Waals surface area contributed by atoms with E-state index in [4.69, 9.17) is 4.98 Å². The van der Waals surface area contributed by atoms with Crippen molar-refractivity contribution >= 4 is 28.3 Å². The summed E-state index contributed by atoms with van der Waals surface area (Å²) < 4.78 is 38.0. The lowest BCUT2D eigenvalue weighted by Gasteiger charge is -2.28. The molecule has 2 fully saturated rings. The molecule has 32 heavy (non-hydrogen) atoms. The van der Waals surface area contributed by atoms with Gasteiger partial charge in [-0.2, -0.15) is 13.2 Å². The Hall–Kier alpha value is -3.09. The van der Waals surface area contributed by atoms with Crippen LogP contribution in [0.25, 0.3) is 10.9 Å². The number of pyridine rings is 1. The summed E-state index contributed by atoms with van der Waals surface area (Å²) in [6.07, 6.45) is 0.0733. The number of carbonyl (C=O) groups is 1. The van der Waals surface area contributed by atoms with Crippen molar-refractivity contribution in [2.45, 2.75) is 44.3 Å². The fourth-order valence-corrected chi connectivity index (χ4v) is 4.90. The summed E-state index contributed by atoms with van der Waals surface area (Å²) in [5.41, 5.74) is 1.59. The maximum absolute atomic E-state index is 12.7. The number of anilines is 2. The van der Waals surface area contributed by atoms with Gasteiger partial charge in [0.25, 0.3) is 0 Å². The summed E-state index contributed by atoms with van der Waals surface area (Å²) in [5, 5.41) is 3.83. The highest BCUT2D eigenvalue weighted by molar-refractivity contribution is 5.94. The third-order valence-electron chi connectivity index (χ3n) is 6.58. The summed E-state index contributed by atoms with van der Waals surface area (Å²) >= 11 is 0. The molecule has 1 aromatic heterocycles. The number of amides is 1. The molecule has 1 aliphatic carbocycles. The Morgan fingerprint density at radius 2 is 1.88 bits per heavy atom. The van der Waals surface area contributed by atoms with Gasteiger partial charge in [0, 0.05) is 30.1 Å². The van der Waals surface area contributed by atoms with Gasteiger partial charge in [0.05, 0.1) is 11.1 Å². The molecular formula is C25H24F3N3O. The Labute approximate surface area is 184 Å². The second kappa shape index (κ2) is 8.11. The number of nitrogens with zero attached hydrogens (tertiary/aromatic N) is 2. The Kier molecular flexibility index (Phi) is 5.27. The Balaban J connectivity index is 1.20. The molecule has 2 heterocycles. The van der Waals surface area contributed by atoms with Gasteiger partial charge in [0.15, 0.2) is 0 Å². The van der Waals surface area contributed by atoms with Gasteiger partial charge in [-0.1, -0.05) is 12.1 Å². The number of fused-ring (bicyclic) bond motifs is 3. The summed E-state index contributed by atoms with van der Waals surface area (Å²) in [4.78, 5) is 19.6. The zero-order valence-corrected chi connectivity index (χ0v) is 17.5. The van der Waals surface area contributed by atoms with Gasteiger partial charge in [0.2, 0.25) is 5.91 Å². The topological polar surface area (TPSA) is 45.2 Å². The first-order valence-electron chi connectivity index (χ1n) is 11.0. The second-order valence-corrected chi connectivity index (χ2v) is 8.81. The van der Waals surface area contributed by atoms with Gasteiger partial charge in [0.1, 0.15) is 5.82 Å². The molecule has 3 aromatic rings. The van der Waals surface area contributed by atoms with E-state index in [0.29, 0.717) is 23.7 Å². The van der Waals surface area contributed by atoms with Crippen LogP contribution < -0.4 is 10.2 Å². The molecule has 1 saturated heterocycles. The quantitative estimate of drug-likeness (QED) is 0.545. The molecule has 1 N–H and O–H groups in total. The Morgan fingerprint density at radius 3 is 2.56 bits per heavy atom. The Bertz CT molecular complexity index is 1140. The number of hydrogen-bond donors (Lipinski definition) is 1. The van der Waals surface area contributed by atoms with Crippen LogP contribution in [0.5, 0.6) is 0 Å². The zero-order valence-electron chi connectivity index (χ0n) is 17.5. The van der Waals surface area contributed by atoms with Crippen LogP contribution in [0.2, 0.25) is 0 Å². The van der Waals surface area contributed by atoms with Gasteiger partial charge in [-0.15, -0.1) is 0 Å². The molecule has 2 aromatic carbocycles. The smallest absolute Gasteiger partial charge is 0.353 e. The third-order valence-corrected chi connectivity index (χ3v) is 6.58. The maximum atomic E-state index is 12.7. The molecule has 0 spiro atoms. The summed E-state index contributed by atoms with van der Waals surface area (Å²) in [7, 11) is 0. The number of halogens is 3. The number of carbonyl (C=O) groups excluding carboxylic acids is 1. The molecule has 0 radical (unpaired) electrons. The lowest BCUT2D eigenvalue weighted by atomic mass is 10.1. The fraction of sp³-hybridized carbons (Fsp3) is 0.360. The highest BCUT2D eigenvalue weighted by atomic mass is 19.4. The van der Waals surface area contributed by atoms with E-state index in [2.05, 4.69) is 16.3 Å². The number of piperidine rings is 1. The molecule has 1 aliphatic heterocycles. The van der Waals surface area contributed by atoms with Crippen LogP contribution in [0.15, 0.2) is 54.6 Å². The van der Waals surface area contributed by atoms with Gasteiger partial charge >= 0.3 is 6.18 Å². The predicted molar refractivity (Wildman–Crippen MR) is 119 cm³/mol. The lowest BCUT2D eigenvalue weighted by molar-refractivity contribution is -0.137. The number of nitrogens with one attached hydrogen (secondary N) is 1. The minimum absolute atomic E-state index is 0.179. The van der Waals surface area contributed by atoms with Gasteiger partial charge in [-0.05, 0) is 79.6 Å². The van der Waals surface area contributed by atoms with Crippen molar-refractivity contribution in [3.8, 4) is 0 Å². The molecule has 2 unspecified atom stereocenters. The number of aryl methyl sites for hydroxylation is 1. The van der Waals surface area contributed by atoms with Crippen molar-refractivity contribution in [1.29, 1.82) is 0 Å². The molecule has 166 valence electrons. The van der Waals surface area contributed by atoms with E-state index in [1.807, 2.05) is 24.3 Å². The minimum atomic E-state index is -4.35.